The number of nitrogens with one attached hydrogen (secondary N) is 1. The van der Waals surface area contributed by atoms with Gasteiger partial charge in [0, 0.05) is 25.2 Å². The zero-order valence-corrected chi connectivity index (χ0v) is 15.2. The first-order valence-electron chi connectivity index (χ1n) is 8.38. The van der Waals surface area contributed by atoms with E-state index in [2.05, 4.69) is 5.32 Å². The zero-order valence-electron chi connectivity index (χ0n) is 14.4. The maximum absolute atomic E-state index is 12.6. The Bertz CT molecular complexity index is 718. The molecule has 2 unspecified atom stereocenters. The number of hydrogen-bond donors (Lipinski definition) is 1. The van der Waals surface area contributed by atoms with Crippen LogP contribution in [0.15, 0.2) is 41.8 Å². The van der Waals surface area contributed by atoms with Gasteiger partial charge < -0.3 is 15.0 Å². The van der Waals surface area contributed by atoms with Gasteiger partial charge in [-0.2, -0.15) is 0 Å². The molecular formula is C19H22N2O3S. The molecular weight excluding hydrogens is 336 g/mol. The van der Waals surface area contributed by atoms with Crippen molar-refractivity contribution in [2.45, 2.75) is 32.6 Å². The smallest absolute Gasteiger partial charge is 0.261 e. The molecule has 1 saturated heterocycles. The maximum Gasteiger partial charge on any atom is 0.261 e. The van der Waals surface area contributed by atoms with Crippen molar-refractivity contribution in [2.24, 2.45) is 0 Å². The summed E-state index contributed by atoms with van der Waals surface area (Å²) < 4.78 is 5.67. The average molecular weight is 358 g/mol. The molecule has 2 atom stereocenters. The molecule has 0 spiro atoms. The molecule has 0 saturated carbocycles. The lowest BCUT2D eigenvalue weighted by atomic mass is 10.1. The van der Waals surface area contributed by atoms with E-state index in [1.54, 1.807) is 6.07 Å². The Labute approximate surface area is 151 Å². The average Bonchev–Trinajstić information content (AvgIpc) is 3.13. The fourth-order valence-corrected chi connectivity index (χ4v) is 3.61. The van der Waals surface area contributed by atoms with Gasteiger partial charge in [0.25, 0.3) is 11.8 Å². The van der Waals surface area contributed by atoms with Gasteiger partial charge in [-0.3, -0.25) is 9.59 Å². The number of amides is 2. The van der Waals surface area contributed by atoms with Crippen molar-refractivity contribution in [1.29, 1.82) is 0 Å². The molecule has 0 bridgehead atoms. The van der Waals surface area contributed by atoms with Crippen molar-refractivity contribution in [3.63, 3.8) is 0 Å². The number of nitrogens with zero attached hydrogens (tertiary/aromatic N) is 1. The second-order valence-electron chi connectivity index (χ2n) is 6.32. The summed E-state index contributed by atoms with van der Waals surface area (Å²) in [7, 11) is 0. The molecule has 1 fully saturated rings. The van der Waals surface area contributed by atoms with Crippen molar-refractivity contribution >= 4 is 23.2 Å². The van der Waals surface area contributed by atoms with Gasteiger partial charge in [0.2, 0.25) is 0 Å². The van der Waals surface area contributed by atoms with E-state index in [0.717, 1.165) is 5.56 Å². The third kappa shape index (κ3) is 4.46. The molecule has 1 N–H and O–H groups in total. The predicted octanol–water partition coefficient (Wildman–Crippen LogP) is 2.93. The van der Waals surface area contributed by atoms with Gasteiger partial charge in [-0.1, -0.05) is 18.2 Å². The number of morpholine rings is 1. The van der Waals surface area contributed by atoms with Gasteiger partial charge in [0.1, 0.15) is 0 Å². The van der Waals surface area contributed by atoms with E-state index < -0.39 is 0 Å². The van der Waals surface area contributed by atoms with Crippen molar-refractivity contribution in [2.75, 3.05) is 13.1 Å². The zero-order chi connectivity index (χ0) is 17.8. The normalized spacial score (nSPS) is 20.3. The lowest BCUT2D eigenvalue weighted by Crippen LogP contribution is -2.48. The monoisotopic (exact) mass is 358 g/mol. The van der Waals surface area contributed by atoms with Crippen molar-refractivity contribution in [3.05, 3.63) is 57.8 Å². The summed E-state index contributed by atoms with van der Waals surface area (Å²) in [5.74, 6) is -0.0531. The van der Waals surface area contributed by atoms with Crippen LogP contribution in [0.2, 0.25) is 0 Å². The Morgan fingerprint density at radius 3 is 2.44 bits per heavy atom. The minimum absolute atomic E-state index is 0.0242. The first kappa shape index (κ1) is 17.6. The second kappa shape index (κ2) is 7.80. The summed E-state index contributed by atoms with van der Waals surface area (Å²) in [5.41, 5.74) is 1.62. The molecule has 25 heavy (non-hydrogen) atoms. The third-order valence-corrected chi connectivity index (χ3v) is 4.97. The minimum Gasteiger partial charge on any atom is -0.372 e. The molecule has 2 aromatic rings. The van der Waals surface area contributed by atoms with Crippen LogP contribution in [0.25, 0.3) is 0 Å². The molecule has 6 heteroatoms. The number of ether oxygens (including phenoxy) is 1. The number of carbonyl (C=O) groups excluding carboxylic acids is 2. The molecule has 0 radical (unpaired) electrons. The van der Waals surface area contributed by atoms with Gasteiger partial charge in [-0.15, -0.1) is 11.3 Å². The molecule has 1 aliphatic heterocycles. The molecule has 5 nitrogen and oxygen atoms in total. The van der Waals surface area contributed by atoms with Crippen LogP contribution in [0.4, 0.5) is 0 Å². The summed E-state index contributed by atoms with van der Waals surface area (Å²) in [6, 6.07) is 11.1. The highest BCUT2D eigenvalue weighted by molar-refractivity contribution is 7.12. The Morgan fingerprint density at radius 1 is 1.16 bits per heavy atom. The summed E-state index contributed by atoms with van der Waals surface area (Å²) in [5, 5.41) is 4.76. The first-order chi connectivity index (χ1) is 12.0. The van der Waals surface area contributed by atoms with Crippen LogP contribution in [0.5, 0.6) is 0 Å². The van der Waals surface area contributed by atoms with E-state index >= 15 is 0 Å². The molecule has 2 amide bonds. The molecule has 1 aromatic heterocycles. The predicted molar refractivity (Wildman–Crippen MR) is 97.8 cm³/mol. The summed E-state index contributed by atoms with van der Waals surface area (Å²) in [6.07, 6.45) is 0.110. The van der Waals surface area contributed by atoms with Crippen LogP contribution < -0.4 is 5.32 Å². The van der Waals surface area contributed by atoms with E-state index in [9.17, 15) is 9.59 Å². The van der Waals surface area contributed by atoms with Crippen LogP contribution in [0.3, 0.4) is 0 Å². The Balaban J connectivity index is 1.58. The third-order valence-electron chi connectivity index (χ3n) is 4.11. The molecule has 1 aromatic carbocycles. The lowest BCUT2D eigenvalue weighted by molar-refractivity contribution is -0.0586. The quantitative estimate of drug-likeness (QED) is 0.914. The summed E-state index contributed by atoms with van der Waals surface area (Å²) in [6.45, 7) is 5.63. The summed E-state index contributed by atoms with van der Waals surface area (Å²) >= 11 is 1.42. The molecule has 2 heterocycles. The molecule has 3 rings (SSSR count). The van der Waals surface area contributed by atoms with Gasteiger partial charge in [-0.05, 0) is 43.0 Å². The molecule has 132 valence electrons. The van der Waals surface area contributed by atoms with Crippen LogP contribution in [-0.2, 0) is 11.3 Å². The number of thiophene rings is 1. The first-order valence-corrected chi connectivity index (χ1v) is 9.26. The largest absolute Gasteiger partial charge is 0.372 e. The van der Waals surface area contributed by atoms with Gasteiger partial charge in [0.15, 0.2) is 0 Å². The summed E-state index contributed by atoms with van der Waals surface area (Å²) in [4.78, 5) is 27.1. The number of hydrogen-bond acceptors (Lipinski definition) is 4. The fraction of sp³-hybridized carbons (Fsp3) is 0.368. The van der Waals surface area contributed by atoms with E-state index in [4.69, 9.17) is 4.74 Å². The van der Waals surface area contributed by atoms with Crippen molar-refractivity contribution in [3.8, 4) is 0 Å². The Kier molecular flexibility index (Phi) is 5.50. The molecule has 1 aliphatic rings. The number of carbonyl (C=O) groups is 2. The van der Waals surface area contributed by atoms with Gasteiger partial charge >= 0.3 is 0 Å². The lowest BCUT2D eigenvalue weighted by Gasteiger charge is -2.35. The van der Waals surface area contributed by atoms with Gasteiger partial charge in [-0.25, -0.2) is 0 Å². The topological polar surface area (TPSA) is 58.6 Å². The van der Waals surface area contributed by atoms with Crippen LogP contribution in [0, 0.1) is 0 Å². The standard InChI is InChI=1S/C19H22N2O3S/c1-13-11-21(12-14(2)24-13)19(23)16-7-5-15(6-8-16)10-20-18(22)17-4-3-9-25-17/h3-9,13-14H,10-12H2,1-2H3,(H,20,22). The number of rotatable bonds is 4. The highest BCUT2D eigenvalue weighted by Gasteiger charge is 2.26. The van der Waals surface area contributed by atoms with Crippen molar-refractivity contribution in [1.82, 2.24) is 10.2 Å². The highest BCUT2D eigenvalue weighted by Crippen LogP contribution is 2.15. The SMILES string of the molecule is CC1CN(C(=O)c2ccc(CNC(=O)c3cccs3)cc2)CC(C)O1. The minimum atomic E-state index is -0.0774. The van der Waals surface area contributed by atoms with E-state index in [-0.39, 0.29) is 24.0 Å². The maximum atomic E-state index is 12.6. The van der Waals surface area contributed by atoms with Crippen LogP contribution in [-0.4, -0.2) is 42.0 Å². The van der Waals surface area contributed by atoms with E-state index in [1.165, 1.54) is 11.3 Å². The molecule has 0 aliphatic carbocycles. The van der Waals surface area contributed by atoms with E-state index in [1.807, 2.05) is 54.5 Å². The Hall–Kier alpha value is -2.18. The van der Waals surface area contributed by atoms with Crippen LogP contribution >= 0.6 is 11.3 Å². The highest BCUT2D eigenvalue weighted by atomic mass is 32.1. The number of benzene rings is 1. The fourth-order valence-electron chi connectivity index (χ4n) is 2.97. The van der Waals surface area contributed by atoms with E-state index in [0.29, 0.717) is 30.1 Å². The second-order valence-corrected chi connectivity index (χ2v) is 7.27. The van der Waals surface area contributed by atoms with Crippen molar-refractivity contribution < 1.29 is 14.3 Å². The van der Waals surface area contributed by atoms with Crippen LogP contribution in [0.1, 0.15) is 39.4 Å². The Morgan fingerprint density at radius 2 is 1.84 bits per heavy atom. The van der Waals surface area contributed by atoms with Gasteiger partial charge in [0.05, 0.1) is 17.1 Å².